The summed E-state index contributed by atoms with van der Waals surface area (Å²) in [5, 5.41) is 0. The van der Waals surface area contributed by atoms with Crippen LogP contribution in [0.4, 0.5) is 0 Å². The van der Waals surface area contributed by atoms with Crippen molar-refractivity contribution >= 4 is 11.7 Å². The number of aryl methyl sites for hydroxylation is 1. The molecule has 2 atom stereocenters. The van der Waals surface area contributed by atoms with Crippen LogP contribution in [0.2, 0.25) is 0 Å². The van der Waals surface area contributed by atoms with Crippen LogP contribution >= 0.6 is 0 Å². The molecule has 0 radical (unpaired) electrons. The van der Waals surface area contributed by atoms with Crippen molar-refractivity contribution in [1.29, 1.82) is 0 Å². The Bertz CT molecular complexity index is 697. The standard InChI is InChI=1S/C18H22N4O2/c1-13(2)15-16(14-4-6-19-7-5-14)22(18(24)17(15)23)10-3-9-21-11-8-20-12-21/h4-8,11-13,15-16H,3,9-10H2,1-2H3. The fourth-order valence-electron chi connectivity index (χ4n) is 3.45. The average molecular weight is 326 g/mol. The molecule has 2 aromatic rings. The Kier molecular flexibility index (Phi) is 4.74. The fourth-order valence-corrected chi connectivity index (χ4v) is 3.45. The van der Waals surface area contributed by atoms with Crippen LogP contribution in [0.25, 0.3) is 0 Å². The van der Waals surface area contributed by atoms with Gasteiger partial charge >= 0.3 is 0 Å². The highest BCUT2D eigenvalue weighted by Gasteiger charge is 2.48. The first-order chi connectivity index (χ1) is 11.6. The molecule has 0 aromatic carbocycles. The van der Waals surface area contributed by atoms with Crippen LogP contribution in [0.5, 0.6) is 0 Å². The van der Waals surface area contributed by atoms with Crippen molar-refractivity contribution in [2.75, 3.05) is 6.54 Å². The molecule has 0 bridgehead atoms. The fraction of sp³-hybridized carbons (Fsp3) is 0.444. The van der Waals surface area contributed by atoms with Crippen LogP contribution < -0.4 is 0 Å². The van der Waals surface area contributed by atoms with E-state index in [1.54, 1.807) is 29.8 Å². The lowest BCUT2D eigenvalue weighted by Crippen LogP contribution is -2.31. The van der Waals surface area contributed by atoms with Gasteiger partial charge in [0, 0.05) is 37.9 Å². The molecule has 6 nitrogen and oxygen atoms in total. The number of aromatic nitrogens is 3. The van der Waals surface area contributed by atoms with Gasteiger partial charge in [-0.25, -0.2) is 4.98 Å². The van der Waals surface area contributed by atoms with E-state index in [0.29, 0.717) is 6.54 Å². The third kappa shape index (κ3) is 3.09. The highest BCUT2D eigenvalue weighted by atomic mass is 16.2. The van der Waals surface area contributed by atoms with Crippen molar-refractivity contribution in [2.45, 2.75) is 32.9 Å². The second kappa shape index (κ2) is 6.95. The van der Waals surface area contributed by atoms with Gasteiger partial charge in [0.05, 0.1) is 18.3 Å². The number of Topliss-reactive ketones (excluding diaryl/α,β-unsaturated/α-hetero) is 1. The Labute approximate surface area is 141 Å². The minimum Gasteiger partial charge on any atom is -0.337 e. The molecule has 2 aromatic heterocycles. The van der Waals surface area contributed by atoms with Crippen LogP contribution in [0.15, 0.2) is 43.2 Å². The van der Waals surface area contributed by atoms with Crippen LogP contribution in [-0.4, -0.2) is 37.7 Å². The molecule has 0 saturated carbocycles. The van der Waals surface area contributed by atoms with E-state index < -0.39 is 0 Å². The Balaban J connectivity index is 1.81. The number of rotatable bonds is 6. The zero-order valence-corrected chi connectivity index (χ0v) is 14.0. The summed E-state index contributed by atoms with van der Waals surface area (Å²) in [6.45, 7) is 5.32. The summed E-state index contributed by atoms with van der Waals surface area (Å²) in [4.78, 5) is 34.8. The minimum absolute atomic E-state index is 0.110. The zero-order valence-electron chi connectivity index (χ0n) is 14.0. The molecule has 0 spiro atoms. The second-order valence-corrected chi connectivity index (χ2v) is 6.51. The first-order valence-corrected chi connectivity index (χ1v) is 8.30. The molecule has 3 heterocycles. The Morgan fingerprint density at radius 1 is 1.08 bits per heavy atom. The summed E-state index contributed by atoms with van der Waals surface area (Å²) in [7, 11) is 0. The van der Waals surface area contributed by atoms with E-state index in [4.69, 9.17) is 0 Å². The smallest absolute Gasteiger partial charge is 0.290 e. The van der Waals surface area contributed by atoms with Gasteiger partial charge in [0.25, 0.3) is 5.91 Å². The maximum atomic E-state index is 12.5. The van der Waals surface area contributed by atoms with Gasteiger partial charge in [-0.2, -0.15) is 0 Å². The molecule has 1 aliphatic heterocycles. The number of hydrogen-bond acceptors (Lipinski definition) is 4. The van der Waals surface area contributed by atoms with Gasteiger partial charge < -0.3 is 9.47 Å². The third-order valence-electron chi connectivity index (χ3n) is 4.59. The first kappa shape index (κ1) is 16.4. The molecule has 24 heavy (non-hydrogen) atoms. The number of carbonyl (C=O) groups excluding carboxylic acids is 2. The van der Waals surface area contributed by atoms with Gasteiger partial charge in [0.1, 0.15) is 0 Å². The van der Waals surface area contributed by atoms with Crippen LogP contribution in [0, 0.1) is 11.8 Å². The topological polar surface area (TPSA) is 68.1 Å². The maximum Gasteiger partial charge on any atom is 0.290 e. The van der Waals surface area contributed by atoms with Crippen LogP contribution in [-0.2, 0) is 16.1 Å². The van der Waals surface area contributed by atoms with Crippen molar-refractivity contribution in [3.05, 3.63) is 48.8 Å². The number of ketones is 1. The first-order valence-electron chi connectivity index (χ1n) is 8.30. The minimum atomic E-state index is -0.360. The van der Waals surface area contributed by atoms with E-state index in [1.807, 2.05) is 36.7 Å². The highest BCUT2D eigenvalue weighted by molar-refractivity contribution is 6.39. The highest BCUT2D eigenvalue weighted by Crippen LogP contribution is 2.39. The van der Waals surface area contributed by atoms with Crippen LogP contribution in [0.1, 0.15) is 31.9 Å². The average Bonchev–Trinajstić information content (AvgIpc) is 3.17. The molecule has 1 aliphatic rings. The largest absolute Gasteiger partial charge is 0.337 e. The summed E-state index contributed by atoms with van der Waals surface area (Å²) in [5.74, 6) is -0.818. The maximum absolute atomic E-state index is 12.5. The molecule has 6 heteroatoms. The van der Waals surface area contributed by atoms with Gasteiger partial charge in [-0.3, -0.25) is 14.6 Å². The van der Waals surface area contributed by atoms with Crippen molar-refractivity contribution in [3.8, 4) is 0 Å². The molecular formula is C18H22N4O2. The summed E-state index contributed by atoms with van der Waals surface area (Å²) in [6.07, 6.45) is 9.59. The Hall–Kier alpha value is -2.50. The SMILES string of the molecule is CC(C)C1C(=O)C(=O)N(CCCn2ccnc2)C1c1ccncc1. The quantitative estimate of drug-likeness (QED) is 0.762. The lowest BCUT2D eigenvalue weighted by Gasteiger charge is -2.29. The third-order valence-corrected chi connectivity index (χ3v) is 4.59. The number of imidazole rings is 1. The van der Waals surface area contributed by atoms with Crippen molar-refractivity contribution in [3.63, 3.8) is 0 Å². The number of carbonyl (C=O) groups is 2. The molecule has 1 amide bonds. The van der Waals surface area contributed by atoms with E-state index in [2.05, 4.69) is 9.97 Å². The monoisotopic (exact) mass is 326 g/mol. The summed E-state index contributed by atoms with van der Waals surface area (Å²) >= 11 is 0. The molecule has 0 N–H and O–H groups in total. The zero-order chi connectivity index (χ0) is 17.1. The number of likely N-dealkylation sites (tertiary alicyclic amines) is 1. The van der Waals surface area contributed by atoms with Crippen molar-refractivity contribution in [2.24, 2.45) is 11.8 Å². The summed E-state index contributed by atoms with van der Waals surface area (Å²) in [5.41, 5.74) is 0.977. The van der Waals surface area contributed by atoms with E-state index in [1.165, 1.54) is 0 Å². The number of hydrogen-bond donors (Lipinski definition) is 0. The number of nitrogens with zero attached hydrogens (tertiary/aromatic N) is 4. The van der Waals surface area contributed by atoms with Gasteiger partial charge in [0.2, 0.25) is 5.78 Å². The molecule has 2 unspecified atom stereocenters. The van der Waals surface area contributed by atoms with E-state index in [9.17, 15) is 9.59 Å². The molecule has 1 saturated heterocycles. The van der Waals surface area contributed by atoms with Crippen molar-refractivity contribution in [1.82, 2.24) is 19.4 Å². The van der Waals surface area contributed by atoms with E-state index in [-0.39, 0.29) is 29.6 Å². The van der Waals surface area contributed by atoms with Gasteiger partial charge in [-0.15, -0.1) is 0 Å². The number of amides is 1. The van der Waals surface area contributed by atoms with Gasteiger partial charge in [-0.1, -0.05) is 13.8 Å². The molecular weight excluding hydrogens is 304 g/mol. The van der Waals surface area contributed by atoms with E-state index >= 15 is 0 Å². The van der Waals surface area contributed by atoms with Gasteiger partial charge in [0.15, 0.2) is 0 Å². The van der Waals surface area contributed by atoms with E-state index in [0.717, 1.165) is 18.5 Å². The second-order valence-electron chi connectivity index (χ2n) is 6.51. The summed E-state index contributed by atoms with van der Waals surface area (Å²) < 4.78 is 1.98. The molecule has 0 aliphatic carbocycles. The molecule has 126 valence electrons. The van der Waals surface area contributed by atoms with Crippen molar-refractivity contribution < 1.29 is 9.59 Å². The molecule has 1 fully saturated rings. The lowest BCUT2D eigenvalue weighted by atomic mass is 9.84. The predicted molar refractivity (Wildman–Crippen MR) is 88.9 cm³/mol. The lowest BCUT2D eigenvalue weighted by molar-refractivity contribution is -0.141. The van der Waals surface area contributed by atoms with Gasteiger partial charge in [-0.05, 0) is 30.0 Å². The molecule has 3 rings (SSSR count). The summed E-state index contributed by atoms with van der Waals surface area (Å²) in [6, 6.07) is 3.60. The predicted octanol–water partition coefficient (Wildman–Crippen LogP) is 2.09. The Morgan fingerprint density at radius 3 is 2.46 bits per heavy atom. The van der Waals surface area contributed by atoms with Crippen LogP contribution in [0.3, 0.4) is 0 Å². The number of pyridine rings is 1. The normalized spacial score (nSPS) is 21.0. The Morgan fingerprint density at radius 2 is 1.83 bits per heavy atom.